The number of thiazole rings is 1. The van der Waals surface area contributed by atoms with E-state index in [4.69, 9.17) is 0 Å². The molecule has 6 heteroatoms. The molecule has 0 radical (unpaired) electrons. The van der Waals surface area contributed by atoms with Crippen molar-refractivity contribution in [3.8, 4) is 10.6 Å². The monoisotopic (exact) mass is 369 g/mol. The van der Waals surface area contributed by atoms with Crippen LogP contribution in [-0.2, 0) is 11.2 Å². The summed E-state index contributed by atoms with van der Waals surface area (Å²) in [4.78, 5) is 24.1. The first-order valence-corrected chi connectivity index (χ1v) is 10.2. The number of rotatable bonds is 6. The molecule has 4 nitrogen and oxygen atoms in total. The molecule has 1 amide bonds. The molecular formula is C19H19N3OS2. The normalized spacial score (nSPS) is 15.1. The molecule has 4 rings (SSSR count). The van der Waals surface area contributed by atoms with Gasteiger partial charge in [-0.2, -0.15) is 11.3 Å². The molecule has 1 fully saturated rings. The fraction of sp³-hybridized carbons (Fsp3) is 0.316. The summed E-state index contributed by atoms with van der Waals surface area (Å²) >= 11 is 3.26. The van der Waals surface area contributed by atoms with E-state index >= 15 is 0 Å². The van der Waals surface area contributed by atoms with Crippen LogP contribution < -0.4 is 0 Å². The largest absolute Gasteiger partial charge is 0.331 e. The maximum atomic E-state index is 13.0. The Bertz CT molecular complexity index is 841. The highest BCUT2D eigenvalue weighted by molar-refractivity contribution is 7.14. The minimum Gasteiger partial charge on any atom is -0.331 e. The van der Waals surface area contributed by atoms with Crippen LogP contribution in [0.3, 0.4) is 0 Å². The van der Waals surface area contributed by atoms with Crippen molar-refractivity contribution in [1.82, 2.24) is 14.9 Å². The van der Waals surface area contributed by atoms with Gasteiger partial charge in [0, 0.05) is 28.6 Å². The van der Waals surface area contributed by atoms with Gasteiger partial charge in [-0.05, 0) is 43.3 Å². The van der Waals surface area contributed by atoms with Gasteiger partial charge < -0.3 is 4.90 Å². The Kier molecular flexibility index (Phi) is 4.63. The summed E-state index contributed by atoms with van der Waals surface area (Å²) in [7, 11) is 0. The Labute approximate surface area is 155 Å². The van der Waals surface area contributed by atoms with E-state index in [0.717, 1.165) is 34.8 Å². The van der Waals surface area contributed by atoms with Gasteiger partial charge in [-0.3, -0.25) is 9.78 Å². The van der Waals surface area contributed by atoms with Gasteiger partial charge in [0.1, 0.15) is 5.01 Å². The number of carbonyl (C=O) groups is 1. The van der Waals surface area contributed by atoms with Crippen LogP contribution in [0.1, 0.15) is 37.2 Å². The highest BCUT2D eigenvalue weighted by atomic mass is 32.1. The highest BCUT2D eigenvalue weighted by Gasteiger charge is 2.36. The van der Waals surface area contributed by atoms with Gasteiger partial charge in [-0.25, -0.2) is 4.98 Å². The smallest absolute Gasteiger partial charge is 0.229 e. The van der Waals surface area contributed by atoms with Crippen molar-refractivity contribution in [3.63, 3.8) is 0 Å². The van der Waals surface area contributed by atoms with Crippen molar-refractivity contribution in [1.29, 1.82) is 0 Å². The van der Waals surface area contributed by atoms with E-state index in [1.54, 1.807) is 28.9 Å². The third kappa shape index (κ3) is 3.65. The number of carbonyl (C=O) groups excluding carboxylic acids is 1. The Morgan fingerprint density at radius 1 is 1.32 bits per heavy atom. The maximum absolute atomic E-state index is 13.0. The van der Waals surface area contributed by atoms with Crippen molar-refractivity contribution < 1.29 is 4.79 Å². The summed E-state index contributed by atoms with van der Waals surface area (Å²) in [5, 5.41) is 7.12. The molecule has 0 N–H and O–H groups in total. The van der Waals surface area contributed by atoms with Gasteiger partial charge in [0.2, 0.25) is 5.91 Å². The summed E-state index contributed by atoms with van der Waals surface area (Å²) in [6.45, 7) is 2.07. The minimum absolute atomic E-state index is 0.00354. The molecule has 0 spiro atoms. The van der Waals surface area contributed by atoms with Crippen LogP contribution in [0.2, 0.25) is 0 Å². The molecule has 1 unspecified atom stereocenters. The maximum Gasteiger partial charge on any atom is 0.229 e. The van der Waals surface area contributed by atoms with Crippen LogP contribution >= 0.6 is 22.7 Å². The summed E-state index contributed by atoms with van der Waals surface area (Å²) in [5.41, 5.74) is 2.93. The first-order valence-electron chi connectivity index (χ1n) is 8.41. The fourth-order valence-electron chi connectivity index (χ4n) is 3.01. The zero-order valence-electron chi connectivity index (χ0n) is 14.0. The molecule has 0 bridgehead atoms. The topological polar surface area (TPSA) is 46.1 Å². The molecule has 1 aliphatic carbocycles. The summed E-state index contributed by atoms with van der Waals surface area (Å²) in [6, 6.07) is 8.28. The second kappa shape index (κ2) is 7.06. The van der Waals surface area contributed by atoms with Gasteiger partial charge in [-0.15, -0.1) is 11.3 Å². The molecule has 1 atom stereocenters. The third-order valence-electron chi connectivity index (χ3n) is 4.41. The van der Waals surface area contributed by atoms with Crippen molar-refractivity contribution in [2.24, 2.45) is 0 Å². The number of hydrogen-bond acceptors (Lipinski definition) is 5. The van der Waals surface area contributed by atoms with Crippen molar-refractivity contribution in [3.05, 3.63) is 58.0 Å². The SMILES string of the molecule is CC(c1ccccn1)N(C(=O)Cc1csc(-c2ccsc2)n1)C1CC1. The van der Waals surface area contributed by atoms with Crippen LogP contribution in [-0.4, -0.2) is 26.8 Å². The van der Waals surface area contributed by atoms with E-state index in [0.29, 0.717) is 12.5 Å². The molecule has 0 aromatic carbocycles. The van der Waals surface area contributed by atoms with E-state index in [1.807, 2.05) is 33.9 Å². The van der Waals surface area contributed by atoms with Crippen LogP contribution in [0.15, 0.2) is 46.6 Å². The molecule has 0 aliphatic heterocycles. The molecule has 3 aromatic rings. The number of hydrogen-bond donors (Lipinski definition) is 0. The summed E-state index contributed by atoms with van der Waals surface area (Å²) in [6.07, 6.45) is 4.31. The van der Waals surface area contributed by atoms with Crippen LogP contribution in [0.25, 0.3) is 10.6 Å². The van der Waals surface area contributed by atoms with Crippen molar-refractivity contribution >= 4 is 28.6 Å². The van der Waals surface area contributed by atoms with Crippen LogP contribution in [0.5, 0.6) is 0 Å². The van der Waals surface area contributed by atoms with E-state index in [9.17, 15) is 4.79 Å². The van der Waals surface area contributed by atoms with Crippen LogP contribution in [0, 0.1) is 0 Å². The van der Waals surface area contributed by atoms with Crippen LogP contribution in [0.4, 0.5) is 0 Å². The average Bonchev–Trinajstić information content (AvgIpc) is 3.12. The standard InChI is InChI=1S/C19H19N3OS2/c1-13(17-4-2-3-8-20-17)22(16-5-6-16)18(23)10-15-12-25-19(21-15)14-7-9-24-11-14/h2-4,7-9,11-13,16H,5-6,10H2,1H3. The Morgan fingerprint density at radius 2 is 2.20 bits per heavy atom. The Balaban J connectivity index is 1.50. The predicted molar refractivity (Wildman–Crippen MR) is 102 cm³/mol. The zero-order chi connectivity index (χ0) is 17.2. The van der Waals surface area contributed by atoms with Gasteiger partial charge in [0.25, 0.3) is 0 Å². The number of amides is 1. The van der Waals surface area contributed by atoms with Gasteiger partial charge in [0.05, 0.1) is 23.9 Å². The fourth-order valence-corrected chi connectivity index (χ4v) is 4.54. The van der Waals surface area contributed by atoms with Crippen molar-refractivity contribution in [2.45, 2.75) is 38.3 Å². The second-order valence-electron chi connectivity index (χ2n) is 6.30. The number of aromatic nitrogens is 2. The zero-order valence-corrected chi connectivity index (χ0v) is 15.6. The van der Waals surface area contributed by atoms with Crippen molar-refractivity contribution in [2.75, 3.05) is 0 Å². The molecule has 25 heavy (non-hydrogen) atoms. The first-order chi connectivity index (χ1) is 12.2. The lowest BCUT2D eigenvalue weighted by Gasteiger charge is -2.29. The summed E-state index contributed by atoms with van der Waals surface area (Å²) in [5.74, 6) is 0.142. The van der Waals surface area contributed by atoms with E-state index in [2.05, 4.69) is 28.3 Å². The minimum atomic E-state index is -0.00354. The molecule has 3 heterocycles. The summed E-state index contributed by atoms with van der Waals surface area (Å²) < 4.78 is 0. The average molecular weight is 370 g/mol. The highest BCUT2D eigenvalue weighted by Crippen LogP contribution is 2.34. The lowest BCUT2D eigenvalue weighted by atomic mass is 10.1. The van der Waals surface area contributed by atoms with Gasteiger partial charge in [0.15, 0.2) is 0 Å². The second-order valence-corrected chi connectivity index (χ2v) is 7.93. The molecule has 1 saturated carbocycles. The van der Waals surface area contributed by atoms with E-state index in [-0.39, 0.29) is 11.9 Å². The van der Waals surface area contributed by atoms with E-state index in [1.165, 1.54) is 0 Å². The molecular weight excluding hydrogens is 350 g/mol. The lowest BCUT2D eigenvalue weighted by Crippen LogP contribution is -2.37. The van der Waals surface area contributed by atoms with Gasteiger partial charge in [-0.1, -0.05) is 6.07 Å². The molecule has 1 aliphatic rings. The Hall–Kier alpha value is -2.05. The number of thiophene rings is 1. The quantitative estimate of drug-likeness (QED) is 0.640. The molecule has 0 saturated heterocycles. The lowest BCUT2D eigenvalue weighted by molar-refractivity contribution is -0.133. The van der Waals surface area contributed by atoms with E-state index < -0.39 is 0 Å². The number of pyridine rings is 1. The predicted octanol–water partition coefficient (Wildman–Crippen LogP) is 4.56. The Morgan fingerprint density at radius 3 is 2.88 bits per heavy atom. The number of nitrogens with zero attached hydrogens (tertiary/aromatic N) is 3. The molecule has 128 valence electrons. The first kappa shape index (κ1) is 16.4. The molecule has 3 aromatic heterocycles. The van der Waals surface area contributed by atoms with Gasteiger partial charge >= 0.3 is 0 Å². The third-order valence-corrected chi connectivity index (χ3v) is 6.04.